The second-order valence-corrected chi connectivity index (χ2v) is 8.75. The third kappa shape index (κ3) is 5.80. The van der Waals surface area contributed by atoms with E-state index in [1.165, 1.54) is 0 Å². The van der Waals surface area contributed by atoms with Gasteiger partial charge in [0.2, 0.25) is 10.0 Å². The van der Waals surface area contributed by atoms with Gasteiger partial charge in [0, 0.05) is 18.6 Å². The number of sulfonamides is 1. The molecular formula is C9H20N2O4S2. The zero-order chi connectivity index (χ0) is 13.1. The van der Waals surface area contributed by atoms with Gasteiger partial charge >= 0.3 is 0 Å². The number of rotatable bonds is 6. The summed E-state index contributed by atoms with van der Waals surface area (Å²) in [7, 11) is -6.43. The van der Waals surface area contributed by atoms with Crippen LogP contribution in [-0.4, -0.2) is 52.7 Å². The van der Waals surface area contributed by atoms with E-state index in [0.29, 0.717) is 13.0 Å². The Morgan fingerprint density at radius 2 is 2.00 bits per heavy atom. The minimum Gasteiger partial charge on any atom is -0.313 e. The quantitative estimate of drug-likeness (QED) is 0.659. The predicted octanol–water partition coefficient (Wildman–Crippen LogP) is -0.909. The maximum absolute atomic E-state index is 11.6. The monoisotopic (exact) mass is 284 g/mol. The van der Waals surface area contributed by atoms with Crippen LogP contribution in [0.2, 0.25) is 0 Å². The van der Waals surface area contributed by atoms with Crippen molar-refractivity contribution in [3.8, 4) is 0 Å². The van der Waals surface area contributed by atoms with Crippen molar-refractivity contribution in [2.24, 2.45) is 0 Å². The molecule has 1 heterocycles. The Morgan fingerprint density at radius 1 is 1.35 bits per heavy atom. The normalized spacial score (nSPS) is 24.3. The summed E-state index contributed by atoms with van der Waals surface area (Å²) in [5.74, 6) is -0.0317. The first-order valence-electron chi connectivity index (χ1n) is 5.64. The average Bonchev–Trinajstić information content (AvgIpc) is 2.43. The largest absolute Gasteiger partial charge is 0.313 e. The van der Waals surface area contributed by atoms with Crippen LogP contribution in [0.15, 0.2) is 0 Å². The lowest BCUT2D eigenvalue weighted by Gasteiger charge is -2.12. The Kier molecular flexibility index (Phi) is 4.94. The molecule has 1 saturated heterocycles. The zero-order valence-electron chi connectivity index (χ0n) is 10.1. The molecule has 1 atom stereocenters. The summed E-state index contributed by atoms with van der Waals surface area (Å²) in [4.78, 5) is 0. The summed E-state index contributed by atoms with van der Waals surface area (Å²) < 4.78 is 48.1. The Hall–Kier alpha value is -0.180. The van der Waals surface area contributed by atoms with Crippen LogP contribution in [0.1, 0.15) is 20.3 Å². The smallest absolute Gasteiger partial charge is 0.213 e. The van der Waals surface area contributed by atoms with Crippen LogP contribution in [0.25, 0.3) is 0 Å². The van der Waals surface area contributed by atoms with Crippen LogP contribution in [0.3, 0.4) is 0 Å². The molecule has 0 aliphatic carbocycles. The van der Waals surface area contributed by atoms with E-state index in [0.717, 1.165) is 0 Å². The topological polar surface area (TPSA) is 92.3 Å². The summed E-state index contributed by atoms with van der Waals surface area (Å²) in [6.07, 6.45) is 0.374. The molecule has 1 aliphatic heterocycles. The van der Waals surface area contributed by atoms with Crippen LogP contribution in [-0.2, 0) is 19.9 Å². The highest BCUT2D eigenvalue weighted by atomic mass is 32.2. The lowest BCUT2D eigenvalue weighted by atomic mass is 10.3. The van der Waals surface area contributed by atoms with Crippen LogP contribution >= 0.6 is 0 Å². The molecule has 0 aromatic carbocycles. The van der Waals surface area contributed by atoms with Crippen molar-refractivity contribution in [3.05, 3.63) is 0 Å². The van der Waals surface area contributed by atoms with E-state index in [4.69, 9.17) is 0 Å². The van der Waals surface area contributed by atoms with Crippen LogP contribution < -0.4 is 10.0 Å². The molecule has 0 amide bonds. The molecule has 0 aromatic heterocycles. The number of nitrogens with one attached hydrogen (secondary N) is 2. The van der Waals surface area contributed by atoms with Crippen molar-refractivity contribution in [2.45, 2.75) is 32.4 Å². The molecule has 102 valence electrons. The molecule has 6 nitrogen and oxygen atoms in total. The summed E-state index contributed by atoms with van der Waals surface area (Å²) in [6.45, 7) is 4.24. The Morgan fingerprint density at radius 3 is 2.47 bits per heavy atom. The van der Waals surface area contributed by atoms with Gasteiger partial charge in [-0.25, -0.2) is 21.6 Å². The van der Waals surface area contributed by atoms with E-state index < -0.39 is 25.9 Å². The lowest BCUT2D eigenvalue weighted by Crippen LogP contribution is -2.40. The molecule has 0 spiro atoms. The van der Waals surface area contributed by atoms with E-state index in [9.17, 15) is 16.8 Å². The van der Waals surface area contributed by atoms with Crippen molar-refractivity contribution < 1.29 is 16.8 Å². The highest BCUT2D eigenvalue weighted by molar-refractivity contribution is 7.92. The minimum atomic E-state index is -3.39. The highest BCUT2D eigenvalue weighted by Gasteiger charge is 2.30. The van der Waals surface area contributed by atoms with E-state index >= 15 is 0 Å². The third-order valence-corrected chi connectivity index (χ3v) is 5.70. The molecule has 2 N–H and O–H groups in total. The van der Waals surface area contributed by atoms with Gasteiger partial charge in [-0.3, -0.25) is 0 Å². The van der Waals surface area contributed by atoms with Gasteiger partial charge in [-0.2, -0.15) is 0 Å². The van der Waals surface area contributed by atoms with Gasteiger partial charge in [0.05, 0.1) is 17.3 Å². The van der Waals surface area contributed by atoms with Crippen LogP contribution in [0, 0.1) is 0 Å². The second-order valence-electron chi connectivity index (χ2n) is 4.65. The van der Waals surface area contributed by atoms with Crippen molar-refractivity contribution in [1.82, 2.24) is 10.0 Å². The van der Waals surface area contributed by atoms with Crippen molar-refractivity contribution in [2.75, 3.05) is 23.8 Å². The molecule has 0 aromatic rings. The van der Waals surface area contributed by atoms with Gasteiger partial charge in [-0.1, -0.05) is 13.8 Å². The number of hydrogen-bond acceptors (Lipinski definition) is 5. The van der Waals surface area contributed by atoms with Gasteiger partial charge in [0.25, 0.3) is 0 Å². The maximum atomic E-state index is 11.6. The van der Waals surface area contributed by atoms with Gasteiger partial charge < -0.3 is 5.32 Å². The minimum absolute atomic E-state index is 0.0261. The summed E-state index contributed by atoms with van der Waals surface area (Å²) >= 11 is 0. The highest BCUT2D eigenvalue weighted by Crippen LogP contribution is 2.12. The van der Waals surface area contributed by atoms with E-state index in [-0.39, 0.29) is 23.3 Å². The fourth-order valence-electron chi connectivity index (χ4n) is 1.68. The predicted molar refractivity (Wildman–Crippen MR) is 67.1 cm³/mol. The Labute approximate surface area is 103 Å². The van der Waals surface area contributed by atoms with Crippen molar-refractivity contribution >= 4 is 19.9 Å². The fourth-order valence-corrected chi connectivity index (χ4v) is 4.68. The molecule has 17 heavy (non-hydrogen) atoms. The Balaban J connectivity index is 2.40. The number of sulfone groups is 1. The molecule has 0 saturated carbocycles. The summed E-state index contributed by atoms with van der Waals surface area (Å²) in [6, 6.07) is -0.221. The SMILES string of the molecule is CC(C)NCCS(=O)(=O)NC1CCS(=O)(=O)C1. The molecule has 1 aliphatic rings. The molecule has 1 unspecified atom stereocenters. The van der Waals surface area contributed by atoms with E-state index in [1.54, 1.807) is 0 Å². The van der Waals surface area contributed by atoms with Crippen LogP contribution in [0.5, 0.6) is 0 Å². The van der Waals surface area contributed by atoms with Crippen LogP contribution in [0.4, 0.5) is 0 Å². The maximum Gasteiger partial charge on any atom is 0.213 e. The third-order valence-electron chi connectivity index (χ3n) is 2.50. The molecule has 0 bridgehead atoms. The summed E-state index contributed by atoms with van der Waals surface area (Å²) in [5.41, 5.74) is 0. The average molecular weight is 284 g/mol. The van der Waals surface area contributed by atoms with Gasteiger partial charge in [0.15, 0.2) is 9.84 Å². The van der Waals surface area contributed by atoms with E-state index in [2.05, 4.69) is 10.0 Å². The molecule has 8 heteroatoms. The van der Waals surface area contributed by atoms with Gasteiger partial charge in [-0.15, -0.1) is 0 Å². The molecule has 1 rings (SSSR count). The first kappa shape index (κ1) is 14.9. The number of hydrogen-bond donors (Lipinski definition) is 2. The van der Waals surface area contributed by atoms with Crippen molar-refractivity contribution in [3.63, 3.8) is 0 Å². The molecule has 1 fully saturated rings. The Bertz CT molecular complexity index is 442. The van der Waals surface area contributed by atoms with E-state index in [1.807, 2.05) is 13.8 Å². The first-order chi connectivity index (χ1) is 7.70. The standard InChI is InChI=1S/C9H20N2O4S2/c1-8(2)10-4-6-17(14,15)11-9-3-5-16(12,13)7-9/h8-11H,3-7H2,1-2H3. The van der Waals surface area contributed by atoms with Gasteiger partial charge in [-0.05, 0) is 6.42 Å². The molecular weight excluding hydrogens is 264 g/mol. The molecule has 0 radical (unpaired) electrons. The van der Waals surface area contributed by atoms with Crippen molar-refractivity contribution in [1.29, 1.82) is 0 Å². The second kappa shape index (κ2) is 5.64. The summed E-state index contributed by atoms with van der Waals surface area (Å²) in [5, 5.41) is 3.01. The zero-order valence-corrected chi connectivity index (χ0v) is 11.8. The van der Waals surface area contributed by atoms with Gasteiger partial charge in [0.1, 0.15) is 0 Å². The first-order valence-corrected chi connectivity index (χ1v) is 9.11. The fraction of sp³-hybridized carbons (Fsp3) is 1.00. The lowest BCUT2D eigenvalue weighted by molar-refractivity contribution is 0.552.